The summed E-state index contributed by atoms with van der Waals surface area (Å²) in [6.45, 7) is -1.21. The van der Waals surface area contributed by atoms with Gasteiger partial charge in [-0.1, -0.05) is 48.5 Å². The van der Waals surface area contributed by atoms with Gasteiger partial charge in [0.15, 0.2) is 0 Å². The van der Waals surface area contributed by atoms with Crippen LogP contribution < -0.4 is 10.1 Å². The maximum atomic E-state index is 12.5. The van der Waals surface area contributed by atoms with Crippen LogP contribution in [0.25, 0.3) is 6.08 Å². The zero-order chi connectivity index (χ0) is 18.2. The summed E-state index contributed by atoms with van der Waals surface area (Å²) >= 11 is 0. The summed E-state index contributed by atoms with van der Waals surface area (Å²) in [6.07, 6.45) is 1.23. The van der Waals surface area contributed by atoms with Gasteiger partial charge in [0, 0.05) is 5.56 Å². The molecule has 0 heterocycles. The Morgan fingerprint density at radius 3 is 2.44 bits per heavy atom. The van der Waals surface area contributed by atoms with Gasteiger partial charge < -0.3 is 10.1 Å². The molecule has 6 heteroatoms. The second-order valence-corrected chi connectivity index (χ2v) is 5.19. The van der Waals surface area contributed by atoms with Gasteiger partial charge in [-0.05, 0) is 24.6 Å². The number of benzene rings is 2. The quantitative estimate of drug-likeness (QED) is 0.636. The topological polar surface area (TPSA) is 62.1 Å². The van der Waals surface area contributed by atoms with Gasteiger partial charge >= 0.3 is 6.61 Å². The number of nitrogens with zero attached hydrogens (tertiary/aromatic N) is 1. The number of carbonyl (C=O) groups excluding carboxylic acids is 1. The molecule has 0 spiro atoms. The summed E-state index contributed by atoms with van der Waals surface area (Å²) in [4.78, 5) is 12.3. The van der Waals surface area contributed by atoms with Gasteiger partial charge in [-0.3, -0.25) is 4.79 Å². The number of rotatable bonds is 6. The van der Waals surface area contributed by atoms with E-state index in [1.807, 2.05) is 30.3 Å². The number of nitrogens with one attached hydrogen (secondary N) is 1. The first-order valence-corrected chi connectivity index (χ1v) is 7.52. The molecule has 1 atom stereocenters. The van der Waals surface area contributed by atoms with E-state index < -0.39 is 12.5 Å². The van der Waals surface area contributed by atoms with Crippen LogP contribution in [0.15, 0.2) is 60.2 Å². The van der Waals surface area contributed by atoms with Crippen LogP contribution in [0.1, 0.15) is 24.1 Å². The largest absolute Gasteiger partial charge is 0.434 e. The van der Waals surface area contributed by atoms with E-state index in [1.54, 1.807) is 19.1 Å². The maximum Gasteiger partial charge on any atom is 0.387 e. The van der Waals surface area contributed by atoms with Crippen molar-refractivity contribution in [3.05, 3.63) is 71.3 Å². The zero-order valence-electron chi connectivity index (χ0n) is 13.4. The lowest BCUT2D eigenvalue weighted by Gasteiger charge is -2.14. The molecule has 0 radical (unpaired) electrons. The fourth-order valence-corrected chi connectivity index (χ4v) is 2.21. The highest BCUT2D eigenvalue weighted by Crippen LogP contribution is 2.23. The van der Waals surface area contributed by atoms with E-state index >= 15 is 0 Å². The maximum absolute atomic E-state index is 12.5. The highest BCUT2D eigenvalue weighted by atomic mass is 19.3. The summed E-state index contributed by atoms with van der Waals surface area (Å²) in [7, 11) is 0. The van der Waals surface area contributed by atoms with Crippen molar-refractivity contribution in [3.63, 3.8) is 0 Å². The first-order chi connectivity index (χ1) is 12.0. The Hall–Kier alpha value is -3.20. The van der Waals surface area contributed by atoms with Gasteiger partial charge in [0.2, 0.25) is 0 Å². The number of nitriles is 1. The van der Waals surface area contributed by atoms with Crippen molar-refractivity contribution in [1.82, 2.24) is 5.32 Å². The third-order valence-electron chi connectivity index (χ3n) is 3.45. The number of halogens is 2. The van der Waals surface area contributed by atoms with Gasteiger partial charge in [-0.25, -0.2) is 0 Å². The second-order valence-electron chi connectivity index (χ2n) is 5.19. The molecule has 0 aliphatic heterocycles. The van der Waals surface area contributed by atoms with E-state index in [2.05, 4.69) is 10.1 Å². The van der Waals surface area contributed by atoms with Crippen molar-refractivity contribution < 1.29 is 18.3 Å². The molecule has 0 aromatic heterocycles. The first-order valence-electron chi connectivity index (χ1n) is 7.52. The van der Waals surface area contributed by atoms with Crippen molar-refractivity contribution in [2.24, 2.45) is 0 Å². The lowest BCUT2D eigenvalue weighted by Crippen LogP contribution is -2.27. The molecular weight excluding hydrogens is 326 g/mol. The Bertz CT molecular complexity index is 799. The molecule has 128 valence electrons. The Balaban J connectivity index is 2.20. The van der Waals surface area contributed by atoms with Crippen LogP contribution in [-0.4, -0.2) is 12.5 Å². The van der Waals surface area contributed by atoms with Crippen molar-refractivity contribution in [2.75, 3.05) is 0 Å². The second kappa shape index (κ2) is 8.60. The summed E-state index contributed by atoms with van der Waals surface area (Å²) in [5.41, 5.74) is 0.907. The van der Waals surface area contributed by atoms with E-state index in [0.717, 1.165) is 5.56 Å². The van der Waals surface area contributed by atoms with Crippen LogP contribution in [0.5, 0.6) is 5.75 Å². The van der Waals surface area contributed by atoms with E-state index in [4.69, 9.17) is 0 Å². The molecule has 0 bridgehead atoms. The average Bonchev–Trinajstić information content (AvgIpc) is 2.61. The third kappa shape index (κ3) is 5.15. The average molecular weight is 342 g/mol. The van der Waals surface area contributed by atoms with Crippen LogP contribution in [0.4, 0.5) is 8.78 Å². The van der Waals surface area contributed by atoms with E-state index in [1.165, 1.54) is 24.3 Å². The van der Waals surface area contributed by atoms with Crippen molar-refractivity contribution in [2.45, 2.75) is 19.6 Å². The molecule has 1 N–H and O–H groups in total. The fraction of sp³-hybridized carbons (Fsp3) is 0.158. The Labute approximate surface area is 144 Å². The highest BCUT2D eigenvalue weighted by Gasteiger charge is 2.15. The molecule has 0 saturated carbocycles. The summed E-state index contributed by atoms with van der Waals surface area (Å²) < 4.78 is 29.3. The fourth-order valence-electron chi connectivity index (χ4n) is 2.21. The number of carbonyl (C=O) groups is 1. The lowest BCUT2D eigenvalue weighted by atomic mass is 10.1. The predicted molar refractivity (Wildman–Crippen MR) is 89.7 cm³/mol. The minimum atomic E-state index is -2.99. The monoisotopic (exact) mass is 342 g/mol. The summed E-state index contributed by atoms with van der Waals surface area (Å²) in [5, 5.41) is 12.0. The number of amides is 1. The minimum Gasteiger partial charge on any atom is -0.434 e. The van der Waals surface area contributed by atoms with Crippen LogP contribution in [0.2, 0.25) is 0 Å². The Kier molecular flexibility index (Phi) is 6.24. The number of ether oxygens (including phenoxy) is 1. The van der Waals surface area contributed by atoms with Crippen molar-refractivity contribution in [3.8, 4) is 11.8 Å². The third-order valence-corrected chi connectivity index (χ3v) is 3.45. The number of alkyl halides is 2. The van der Waals surface area contributed by atoms with Crippen molar-refractivity contribution >= 4 is 12.0 Å². The summed E-state index contributed by atoms with van der Waals surface area (Å²) in [6, 6.07) is 16.7. The molecule has 0 aliphatic rings. The predicted octanol–water partition coefficient (Wildman–Crippen LogP) is 4.07. The van der Waals surface area contributed by atoms with Crippen LogP contribution in [0, 0.1) is 11.3 Å². The van der Waals surface area contributed by atoms with Gasteiger partial charge in [0.25, 0.3) is 5.91 Å². The zero-order valence-corrected chi connectivity index (χ0v) is 13.4. The van der Waals surface area contributed by atoms with Crippen molar-refractivity contribution in [1.29, 1.82) is 5.26 Å². The standard InChI is InChI=1S/C19H16F2N2O2/c1-13(14-7-3-2-4-8-14)23-18(24)16(12-22)11-15-9-5-6-10-17(15)25-19(20)21/h2-11,13,19H,1H3,(H,23,24). The molecule has 2 rings (SSSR count). The molecule has 1 unspecified atom stereocenters. The lowest BCUT2D eigenvalue weighted by molar-refractivity contribution is -0.117. The molecule has 0 saturated heterocycles. The normalized spacial score (nSPS) is 12.4. The molecule has 2 aromatic rings. The molecular formula is C19H16F2N2O2. The van der Waals surface area contributed by atoms with E-state index in [0.29, 0.717) is 0 Å². The Morgan fingerprint density at radius 1 is 1.16 bits per heavy atom. The summed E-state index contributed by atoms with van der Waals surface area (Å²) in [5.74, 6) is -0.695. The van der Waals surface area contributed by atoms with Gasteiger partial charge in [-0.15, -0.1) is 0 Å². The highest BCUT2D eigenvalue weighted by molar-refractivity contribution is 6.02. The molecule has 2 aromatic carbocycles. The number of hydrogen-bond acceptors (Lipinski definition) is 3. The molecule has 0 aliphatic carbocycles. The van der Waals surface area contributed by atoms with Gasteiger partial charge in [0.05, 0.1) is 6.04 Å². The van der Waals surface area contributed by atoms with Crippen LogP contribution in [-0.2, 0) is 4.79 Å². The SMILES string of the molecule is CC(NC(=O)C(C#N)=Cc1ccccc1OC(F)F)c1ccccc1. The van der Waals surface area contributed by atoms with Crippen LogP contribution in [0.3, 0.4) is 0 Å². The van der Waals surface area contributed by atoms with Gasteiger partial charge in [0.1, 0.15) is 17.4 Å². The smallest absolute Gasteiger partial charge is 0.387 e. The van der Waals surface area contributed by atoms with Gasteiger partial charge in [-0.2, -0.15) is 14.0 Å². The minimum absolute atomic E-state index is 0.103. The van der Waals surface area contributed by atoms with Crippen LogP contribution >= 0.6 is 0 Å². The Morgan fingerprint density at radius 2 is 1.80 bits per heavy atom. The molecule has 4 nitrogen and oxygen atoms in total. The molecule has 25 heavy (non-hydrogen) atoms. The number of hydrogen-bond donors (Lipinski definition) is 1. The molecule has 0 fully saturated rings. The number of para-hydroxylation sites is 1. The molecule has 1 amide bonds. The van der Waals surface area contributed by atoms with E-state index in [-0.39, 0.29) is 22.9 Å². The first kappa shape index (κ1) is 18.1. The van der Waals surface area contributed by atoms with E-state index in [9.17, 15) is 18.8 Å².